The molecule has 0 fully saturated rings. The summed E-state index contributed by atoms with van der Waals surface area (Å²) in [5.74, 6) is -0.805. The van der Waals surface area contributed by atoms with Gasteiger partial charge in [-0.1, -0.05) is 60.7 Å². The van der Waals surface area contributed by atoms with E-state index < -0.39 is 5.97 Å². The Hall–Kier alpha value is -2.88. The quantitative estimate of drug-likeness (QED) is 0.524. The van der Waals surface area contributed by atoms with Crippen molar-refractivity contribution in [2.75, 3.05) is 13.7 Å². The zero-order valence-corrected chi connectivity index (χ0v) is 12.3. The molecule has 1 N–H and O–H groups in total. The number of benzene rings is 2. The lowest BCUT2D eigenvalue weighted by Crippen LogP contribution is -2.30. The number of carbonyl (C=O) groups excluding carboxylic acids is 2. The van der Waals surface area contributed by atoms with Crippen LogP contribution in [0.1, 0.15) is 11.1 Å². The topological polar surface area (TPSA) is 55.4 Å². The first kappa shape index (κ1) is 15.5. The average Bonchev–Trinajstić information content (AvgIpc) is 2.59. The third-order valence-corrected chi connectivity index (χ3v) is 3.06. The molecule has 0 radical (unpaired) electrons. The van der Waals surface area contributed by atoms with Crippen molar-refractivity contribution in [1.82, 2.24) is 5.32 Å². The summed E-state index contributed by atoms with van der Waals surface area (Å²) in [5, 5.41) is 2.57. The van der Waals surface area contributed by atoms with E-state index in [1.165, 1.54) is 7.11 Å². The molecule has 2 aromatic rings. The predicted octanol–water partition coefficient (Wildman–Crippen LogP) is 2.52. The van der Waals surface area contributed by atoms with Gasteiger partial charge in [0.05, 0.1) is 7.11 Å². The Morgan fingerprint density at radius 1 is 1.00 bits per heavy atom. The van der Waals surface area contributed by atoms with Gasteiger partial charge in [-0.2, -0.15) is 0 Å². The molecule has 4 heteroatoms. The van der Waals surface area contributed by atoms with E-state index in [1.807, 2.05) is 60.7 Å². The third-order valence-electron chi connectivity index (χ3n) is 3.06. The van der Waals surface area contributed by atoms with Crippen molar-refractivity contribution in [3.63, 3.8) is 0 Å². The van der Waals surface area contributed by atoms with Crippen molar-refractivity contribution in [3.05, 3.63) is 71.8 Å². The van der Waals surface area contributed by atoms with Crippen molar-refractivity contribution < 1.29 is 14.3 Å². The van der Waals surface area contributed by atoms with Crippen LogP contribution in [0.4, 0.5) is 0 Å². The van der Waals surface area contributed by atoms with E-state index in [-0.39, 0.29) is 12.5 Å². The lowest BCUT2D eigenvalue weighted by atomic mass is 10.0. The average molecular weight is 295 g/mol. The second kappa shape index (κ2) is 7.78. The van der Waals surface area contributed by atoms with Crippen LogP contribution < -0.4 is 5.32 Å². The number of nitrogens with one attached hydrogen (secondary N) is 1. The number of hydrogen-bond donors (Lipinski definition) is 1. The highest BCUT2D eigenvalue weighted by atomic mass is 16.5. The van der Waals surface area contributed by atoms with E-state index >= 15 is 0 Å². The molecule has 1 amide bonds. The minimum Gasteiger partial charge on any atom is -0.468 e. The van der Waals surface area contributed by atoms with Gasteiger partial charge in [-0.05, 0) is 17.2 Å². The summed E-state index contributed by atoms with van der Waals surface area (Å²) in [7, 11) is 1.28. The van der Waals surface area contributed by atoms with Crippen LogP contribution >= 0.6 is 0 Å². The van der Waals surface area contributed by atoms with Crippen LogP contribution in [0, 0.1) is 0 Å². The Bertz CT molecular complexity index is 663. The number of methoxy groups -OCH3 is 1. The van der Waals surface area contributed by atoms with Crippen molar-refractivity contribution in [1.29, 1.82) is 0 Å². The van der Waals surface area contributed by atoms with Gasteiger partial charge in [0.1, 0.15) is 6.54 Å². The second-order valence-corrected chi connectivity index (χ2v) is 4.59. The summed E-state index contributed by atoms with van der Waals surface area (Å²) < 4.78 is 4.53. The third kappa shape index (κ3) is 4.31. The van der Waals surface area contributed by atoms with Crippen LogP contribution in [0.25, 0.3) is 11.6 Å². The Morgan fingerprint density at radius 2 is 1.59 bits per heavy atom. The van der Waals surface area contributed by atoms with Gasteiger partial charge in [0.15, 0.2) is 0 Å². The molecular formula is C18H17NO3. The molecule has 0 heterocycles. The number of amides is 1. The maximum Gasteiger partial charge on any atom is 0.325 e. The van der Waals surface area contributed by atoms with Gasteiger partial charge in [0, 0.05) is 5.57 Å². The Balaban J connectivity index is 2.28. The highest BCUT2D eigenvalue weighted by molar-refractivity contribution is 6.24. The standard InChI is InChI=1S/C18H17NO3/c1-22-17(20)13-19-18(21)16(15-10-6-3-7-11-15)12-14-8-4-2-5-9-14/h2-12H,13H2,1H3,(H,19,21)/b16-12-. The first-order valence-electron chi connectivity index (χ1n) is 6.88. The molecule has 0 aliphatic carbocycles. The fourth-order valence-electron chi connectivity index (χ4n) is 1.93. The molecule has 4 nitrogen and oxygen atoms in total. The molecule has 0 bridgehead atoms. The summed E-state index contributed by atoms with van der Waals surface area (Å²) in [5.41, 5.74) is 2.19. The molecule has 0 aliphatic rings. The van der Waals surface area contributed by atoms with E-state index in [0.29, 0.717) is 5.57 Å². The molecule has 112 valence electrons. The zero-order chi connectivity index (χ0) is 15.8. The van der Waals surface area contributed by atoms with Crippen LogP contribution in [0.15, 0.2) is 60.7 Å². The Labute approximate surface area is 129 Å². The van der Waals surface area contributed by atoms with Crippen molar-refractivity contribution >= 4 is 23.5 Å². The van der Waals surface area contributed by atoms with Gasteiger partial charge in [-0.25, -0.2) is 0 Å². The minimum atomic E-state index is -0.486. The number of esters is 1. The van der Waals surface area contributed by atoms with Crippen LogP contribution in [0.3, 0.4) is 0 Å². The summed E-state index contributed by atoms with van der Waals surface area (Å²) in [6.07, 6.45) is 1.79. The lowest BCUT2D eigenvalue weighted by Gasteiger charge is -2.09. The normalized spacial score (nSPS) is 10.9. The maximum absolute atomic E-state index is 12.4. The van der Waals surface area contributed by atoms with Crippen molar-refractivity contribution in [2.24, 2.45) is 0 Å². The molecule has 0 spiro atoms. The molecule has 0 aliphatic heterocycles. The molecule has 0 unspecified atom stereocenters. The monoisotopic (exact) mass is 295 g/mol. The first-order chi connectivity index (χ1) is 10.7. The SMILES string of the molecule is COC(=O)CNC(=O)/C(=C\c1ccccc1)c1ccccc1. The molecule has 0 aromatic heterocycles. The largest absolute Gasteiger partial charge is 0.468 e. The summed E-state index contributed by atoms with van der Waals surface area (Å²) >= 11 is 0. The fraction of sp³-hybridized carbons (Fsp3) is 0.111. The fourth-order valence-corrected chi connectivity index (χ4v) is 1.93. The van der Waals surface area contributed by atoms with Gasteiger partial charge >= 0.3 is 5.97 Å². The predicted molar refractivity (Wildman–Crippen MR) is 85.8 cm³/mol. The van der Waals surface area contributed by atoms with Crippen LogP contribution in [-0.2, 0) is 14.3 Å². The molecular weight excluding hydrogens is 278 g/mol. The lowest BCUT2D eigenvalue weighted by molar-refractivity contribution is -0.140. The van der Waals surface area contributed by atoms with Gasteiger partial charge in [-0.15, -0.1) is 0 Å². The zero-order valence-electron chi connectivity index (χ0n) is 12.3. The van der Waals surface area contributed by atoms with Gasteiger partial charge in [0.25, 0.3) is 5.91 Å². The summed E-state index contributed by atoms with van der Waals surface area (Å²) in [6.45, 7) is -0.158. The van der Waals surface area contributed by atoms with Gasteiger partial charge < -0.3 is 10.1 Å². The van der Waals surface area contributed by atoms with Gasteiger partial charge in [-0.3, -0.25) is 9.59 Å². The van der Waals surface area contributed by atoms with E-state index in [1.54, 1.807) is 6.08 Å². The van der Waals surface area contributed by atoms with E-state index in [2.05, 4.69) is 10.1 Å². The molecule has 0 saturated carbocycles. The maximum atomic E-state index is 12.4. The molecule has 2 aromatic carbocycles. The first-order valence-corrected chi connectivity index (χ1v) is 6.88. The summed E-state index contributed by atoms with van der Waals surface area (Å²) in [4.78, 5) is 23.6. The molecule has 2 rings (SSSR count). The number of rotatable bonds is 5. The highest BCUT2D eigenvalue weighted by Gasteiger charge is 2.13. The molecule has 22 heavy (non-hydrogen) atoms. The van der Waals surface area contributed by atoms with Crippen LogP contribution in [-0.4, -0.2) is 25.5 Å². The van der Waals surface area contributed by atoms with Crippen LogP contribution in [0.5, 0.6) is 0 Å². The van der Waals surface area contributed by atoms with E-state index in [9.17, 15) is 9.59 Å². The molecule has 0 saturated heterocycles. The minimum absolute atomic E-state index is 0.158. The van der Waals surface area contributed by atoms with Crippen LogP contribution in [0.2, 0.25) is 0 Å². The van der Waals surface area contributed by atoms with Gasteiger partial charge in [0.2, 0.25) is 0 Å². The Morgan fingerprint density at radius 3 is 2.18 bits per heavy atom. The number of carbonyl (C=O) groups is 2. The van der Waals surface area contributed by atoms with E-state index in [4.69, 9.17) is 0 Å². The second-order valence-electron chi connectivity index (χ2n) is 4.59. The highest BCUT2D eigenvalue weighted by Crippen LogP contribution is 2.18. The number of ether oxygens (including phenoxy) is 1. The van der Waals surface area contributed by atoms with Crippen molar-refractivity contribution in [2.45, 2.75) is 0 Å². The van der Waals surface area contributed by atoms with E-state index in [0.717, 1.165) is 11.1 Å². The Kier molecular flexibility index (Phi) is 5.49. The number of hydrogen-bond acceptors (Lipinski definition) is 3. The van der Waals surface area contributed by atoms with Crippen molar-refractivity contribution in [3.8, 4) is 0 Å². The molecule has 0 atom stereocenters. The summed E-state index contributed by atoms with van der Waals surface area (Å²) in [6, 6.07) is 18.9. The smallest absolute Gasteiger partial charge is 0.325 e.